The molecule has 2 aromatic heterocycles. The highest BCUT2D eigenvalue weighted by Gasteiger charge is 2.24. The minimum absolute atomic E-state index is 0.0619. The largest absolute Gasteiger partial charge is 0.496 e. The van der Waals surface area contributed by atoms with Crippen LogP contribution in [0.1, 0.15) is 11.1 Å². The number of hydrogen-bond donors (Lipinski definition) is 2. The monoisotopic (exact) mass is 456 g/mol. The first-order valence-electron chi connectivity index (χ1n) is 9.31. The molecule has 4 rings (SSSR count). The molecule has 0 radical (unpaired) electrons. The van der Waals surface area contributed by atoms with Crippen molar-refractivity contribution in [3.05, 3.63) is 65.0 Å². The lowest BCUT2D eigenvalue weighted by molar-refractivity contribution is -0.109. The lowest BCUT2D eigenvalue weighted by Gasteiger charge is -2.07. The number of thiophene rings is 1. The Kier molecular flexibility index (Phi) is 5.77. The van der Waals surface area contributed by atoms with Crippen molar-refractivity contribution in [1.29, 1.82) is 0 Å². The van der Waals surface area contributed by atoms with E-state index in [-0.39, 0.29) is 4.21 Å². The standard InChI is InChI=1S/C21H20N4O4S2/c1-29-18-7-3-6-17-19(18)20(16-8-9-30-21(16)31(22,27)28)24-25(17)12-15-5-2-4-14(10-15)11-23-13-26/h2-10,13H,11-12H2,1H3,(H,23,26)(H2,22,27,28). The van der Waals surface area contributed by atoms with Gasteiger partial charge < -0.3 is 10.1 Å². The summed E-state index contributed by atoms with van der Waals surface area (Å²) in [7, 11) is -2.33. The number of rotatable bonds is 8. The summed E-state index contributed by atoms with van der Waals surface area (Å²) >= 11 is 1.06. The van der Waals surface area contributed by atoms with Gasteiger partial charge in [0, 0.05) is 12.1 Å². The number of carbonyl (C=O) groups excluding carboxylic acids is 1. The number of sulfonamides is 1. The smallest absolute Gasteiger partial charge is 0.248 e. The fourth-order valence-electron chi connectivity index (χ4n) is 3.54. The number of amides is 1. The number of ether oxygens (including phenoxy) is 1. The molecule has 8 nitrogen and oxygen atoms in total. The molecule has 0 unspecified atom stereocenters. The third kappa shape index (κ3) is 4.18. The molecular formula is C21H20N4O4S2. The van der Waals surface area contributed by atoms with Crippen LogP contribution in [-0.4, -0.2) is 31.7 Å². The number of primary sulfonamides is 1. The van der Waals surface area contributed by atoms with Crippen molar-refractivity contribution < 1.29 is 17.9 Å². The van der Waals surface area contributed by atoms with E-state index in [0.717, 1.165) is 28.0 Å². The predicted molar refractivity (Wildman–Crippen MR) is 119 cm³/mol. The van der Waals surface area contributed by atoms with E-state index in [9.17, 15) is 13.2 Å². The van der Waals surface area contributed by atoms with Crippen LogP contribution in [0.2, 0.25) is 0 Å². The molecule has 0 saturated heterocycles. The second kappa shape index (κ2) is 8.50. The number of nitrogens with zero attached hydrogens (tertiary/aromatic N) is 2. The quantitative estimate of drug-likeness (QED) is 0.396. The van der Waals surface area contributed by atoms with Crippen LogP contribution >= 0.6 is 11.3 Å². The number of nitrogens with two attached hydrogens (primary N) is 1. The van der Waals surface area contributed by atoms with E-state index in [4.69, 9.17) is 15.0 Å². The van der Waals surface area contributed by atoms with Gasteiger partial charge in [-0.25, -0.2) is 13.6 Å². The van der Waals surface area contributed by atoms with E-state index in [0.29, 0.717) is 41.9 Å². The van der Waals surface area contributed by atoms with Crippen LogP contribution in [0.15, 0.2) is 58.1 Å². The minimum atomic E-state index is -3.90. The predicted octanol–water partition coefficient (Wildman–Crippen LogP) is 2.72. The van der Waals surface area contributed by atoms with Crippen molar-refractivity contribution in [3.63, 3.8) is 0 Å². The maximum atomic E-state index is 12.1. The van der Waals surface area contributed by atoms with E-state index in [1.807, 2.05) is 47.1 Å². The van der Waals surface area contributed by atoms with E-state index in [2.05, 4.69) is 5.32 Å². The lowest BCUT2D eigenvalue weighted by atomic mass is 10.1. The van der Waals surface area contributed by atoms with Gasteiger partial charge in [0.15, 0.2) is 0 Å². The molecule has 4 aromatic rings. The molecule has 10 heteroatoms. The number of fused-ring (bicyclic) bond motifs is 1. The summed E-state index contributed by atoms with van der Waals surface area (Å²) in [5.74, 6) is 0.592. The first-order chi connectivity index (χ1) is 14.9. The summed E-state index contributed by atoms with van der Waals surface area (Å²) in [4.78, 5) is 10.6. The fraction of sp³-hybridized carbons (Fsp3) is 0.143. The molecule has 0 spiro atoms. The summed E-state index contributed by atoms with van der Waals surface area (Å²) in [5, 5.41) is 15.2. The van der Waals surface area contributed by atoms with Crippen molar-refractivity contribution in [2.45, 2.75) is 17.3 Å². The van der Waals surface area contributed by atoms with Crippen LogP contribution < -0.4 is 15.2 Å². The van der Waals surface area contributed by atoms with Gasteiger partial charge >= 0.3 is 0 Å². The van der Waals surface area contributed by atoms with Crippen LogP contribution in [0, 0.1) is 0 Å². The normalized spacial score (nSPS) is 11.5. The Balaban J connectivity index is 1.86. The average Bonchev–Trinajstić information content (AvgIpc) is 3.38. The molecule has 2 heterocycles. The first-order valence-corrected chi connectivity index (χ1v) is 11.7. The molecule has 0 saturated carbocycles. The molecule has 0 bridgehead atoms. The summed E-state index contributed by atoms with van der Waals surface area (Å²) in [6, 6.07) is 15.1. The number of hydrogen-bond acceptors (Lipinski definition) is 6. The average molecular weight is 457 g/mol. The third-order valence-corrected chi connectivity index (χ3v) is 7.24. The van der Waals surface area contributed by atoms with Crippen molar-refractivity contribution in [1.82, 2.24) is 15.1 Å². The highest BCUT2D eigenvalue weighted by molar-refractivity contribution is 7.91. The molecule has 0 aliphatic rings. The summed E-state index contributed by atoms with van der Waals surface area (Å²) in [6.45, 7) is 0.885. The molecule has 160 valence electrons. The van der Waals surface area contributed by atoms with Crippen molar-refractivity contribution in [2.75, 3.05) is 7.11 Å². The Bertz CT molecular complexity index is 1360. The fourth-order valence-corrected chi connectivity index (χ4v) is 5.33. The molecule has 1 amide bonds. The van der Waals surface area contributed by atoms with Crippen LogP contribution in [0.4, 0.5) is 0 Å². The van der Waals surface area contributed by atoms with E-state index < -0.39 is 10.0 Å². The topological polar surface area (TPSA) is 116 Å². The third-order valence-electron chi connectivity index (χ3n) is 4.82. The number of benzene rings is 2. The summed E-state index contributed by atoms with van der Waals surface area (Å²) < 4.78 is 31.6. The minimum Gasteiger partial charge on any atom is -0.496 e. The Morgan fingerprint density at radius 2 is 1.97 bits per heavy atom. The molecule has 31 heavy (non-hydrogen) atoms. The van der Waals surface area contributed by atoms with Gasteiger partial charge in [0.25, 0.3) is 0 Å². The number of carbonyl (C=O) groups is 1. The van der Waals surface area contributed by atoms with Gasteiger partial charge in [0.05, 0.1) is 24.6 Å². The lowest BCUT2D eigenvalue weighted by Crippen LogP contribution is -2.11. The molecule has 3 N–H and O–H groups in total. The molecule has 2 aromatic carbocycles. The van der Waals surface area contributed by atoms with Crippen LogP contribution in [0.3, 0.4) is 0 Å². The van der Waals surface area contributed by atoms with Crippen LogP contribution in [0.5, 0.6) is 5.75 Å². The second-order valence-corrected chi connectivity index (χ2v) is 9.52. The molecule has 0 aliphatic carbocycles. The van der Waals surface area contributed by atoms with Crippen molar-refractivity contribution in [2.24, 2.45) is 5.14 Å². The van der Waals surface area contributed by atoms with Gasteiger partial charge in [-0.2, -0.15) is 5.10 Å². The van der Waals surface area contributed by atoms with Crippen LogP contribution in [0.25, 0.3) is 22.2 Å². The molecule has 0 fully saturated rings. The van der Waals surface area contributed by atoms with Gasteiger partial charge in [0.1, 0.15) is 15.7 Å². The zero-order valence-corrected chi connectivity index (χ0v) is 18.2. The van der Waals surface area contributed by atoms with Gasteiger partial charge in [0.2, 0.25) is 16.4 Å². The summed E-state index contributed by atoms with van der Waals surface area (Å²) in [5.41, 5.74) is 3.70. The number of methoxy groups -OCH3 is 1. The highest BCUT2D eigenvalue weighted by atomic mass is 32.2. The Labute approximate surface area is 183 Å². The number of nitrogens with one attached hydrogen (secondary N) is 1. The van der Waals surface area contributed by atoms with Gasteiger partial charge in [-0.15, -0.1) is 11.3 Å². The SMILES string of the molecule is COc1cccc2c1c(-c1ccsc1S(N)(=O)=O)nn2Cc1cccc(CNC=O)c1. The summed E-state index contributed by atoms with van der Waals surface area (Å²) in [6.07, 6.45) is 0.663. The molecule has 0 atom stereocenters. The van der Waals surface area contributed by atoms with E-state index in [1.54, 1.807) is 18.6 Å². The Morgan fingerprint density at radius 1 is 1.19 bits per heavy atom. The second-order valence-electron chi connectivity index (χ2n) is 6.85. The maximum absolute atomic E-state index is 12.1. The molecular weight excluding hydrogens is 436 g/mol. The van der Waals surface area contributed by atoms with E-state index >= 15 is 0 Å². The Morgan fingerprint density at radius 3 is 2.71 bits per heavy atom. The van der Waals surface area contributed by atoms with Crippen LogP contribution in [-0.2, 0) is 27.9 Å². The zero-order chi connectivity index (χ0) is 22.0. The van der Waals surface area contributed by atoms with Crippen molar-refractivity contribution in [3.8, 4) is 17.0 Å². The maximum Gasteiger partial charge on any atom is 0.248 e. The van der Waals surface area contributed by atoms with Crippen molar-refractivity contribution >= 4 is 38.7 Å². The van der Waals surface area contributed by atoms with Gasteiger partial charge in [-0.3, -0.25) is 9.48 Å². The molecule has 0 aliphatic heterocycles. The van der Waals surface area contributed by atoms with Gasteiger partial charge in [-0.1, -0.05) is 30.3 Å². The highest BCUT2D eigenvalue weighted by Crippen LogP contribution is 2.39. The number of aromatic nitrogens is 2. The Hall–Kier alpha value is -3.21. The van der Waals surface area contributed by atoms with Gasteiger partial charge in [-0.05, 0) is 34.7 Å². The first kappa shape index (κ1) is 21.0. The van der Waals surface area contributed by atoms with E-state index in [1.165, 1.54) is 0 Å². The zero-order valence-electron chi connectivity index (χ0n) is 16.6.